The van der Waals surface area contributed by atoms with Crippen LogP contribution in [0.2, 0.25) is 0 Å². The highest BCUT2D eigenvalue weighted by Crippen LogP contribution is 2.53. The van der Waals surface area contributed by atoms with Crippen molar-refractivity contribution in [3.05, 3.63) is 11.8 Å². The van der Waals surface area contributed by atoms with Crippen molar-refractivity contribution in [1.29, 1.82) is 0 Å². The molecule has 0 N–H and O–H groups in total. The maximum Gasteiger partial charge on any atom is 0.0967 e. The minimum absolute atomic E-state index is 0.464. The van der Waals surface area contributed by atoms with E-state index in [4.69, 9.17) is 4.74 Å². The predicted molar refractivity (Wildman–Crippen MR) is 56.8 cm³/mol. The largest absolute Gasteiger partial charge is 0.500 e. The van der Waals surface area contributed by atoms with Crippen molar-refractivity contribution in [3.63, 3.8) is 0 Å². The summed E-state index contributed by atoms with van der Waals surface area (Å²) in [7, 11) is 0. The van der Waals surface area contributed by atoms with Gasteiger partial charge in [-0.3, -0.25) is 0 Å². The van der Waals surface area contributed by atoms with Gasteiger partial charge in [-0.25, -0.2) is 0 Å². The van der Waals surface area contributed by atoms with Gasteiger partial charge in [-0.05, 0) is 43.6 Å². The molecule has 14 heavy (non-hydrogen) atoms. The minimum atomic E-state index is 0.464. The van der Waals surface area contributed by atoms with E-state index in [1.165, 1.54) is 44.1 Å². The third-order valence-electron chi connectivity index (χ3n) is 4.92. The van der Waals surface area contributed by atoms with Crippen LogP contribution >= 0.6 is 0 Å². The van der Waals surface area contributed by atoms with Crippen LogP contribution in [-0.4, -0.2) is 6.61 Å². The van der Waals surface area contributed by atoms with Crippen LogP contribution < -0.4 is 0 Å². The van der Waals surface area contributed by atoms with Crippen molar-refractivity contribution in [2.24, 2.45) is 17.3 Å². The van der Waals surface area contributed by atoms with E-state index >= 15 is 0 Å². The summed E-state index contributed by atoms with van der Waals surface area (Å²) in [6, 6.07) is 0. The summed E-state index contributed by atoms with van der Waals surface area (Å²) in [5.74, 6) is 2.09. The molecule has 2 saturated carbocycles. The van der Waals surface area contributed by atoms with E-state index < -0.39 is 0 Å². The summed E-state index contributed by atoms with van der Waals surface area (Å²) in [6.45, 7) is 3.24. The molecule has 3 unspecified atom stereocenters. The van der Waals surface area contributed by atoms with Crippen LogP contribution in [0.4, 0.5) is 0 Å². The van der Waals surface area contributed by atoms with Gasteiger partial charge in [0.2, 0.25) is 0 Å². The summed E-state index contributed by atoms with van der Waals surface area (Å²) < 4.78 is 5.54. The molecule has 1 nitrogen and oxygen atoms in total. The molecule has 2 fully saturated rings. The molecule has 1 aliphatic heterocycles. The van der Waals surface area contributed by atoms with Gasteiger partial charge >= 0.3 is 0 Å². The number of ether oxygens (including phenoxy) is 1. The van der Waals surface area contributed by atoms with Crippen molar-refractivity contribution >= 4 is 0 Å². The SMILES string of the molecule is CC1=COCC12CCC1CCCC1C2. The van der Waals surface area contributed by atoms with Gasteiger partial charge in [-0.1, -0.05) is 19.3 Å². The fourth-order valence-electron chi connectivity index (χ4n) is 3.88. The van der Waals surface area contributed by atoms with Crippen molar-refractivity contribution in [3.8, 4) is 0 Å². The highest BCUT2D eigenvalue weighted by Gasteiger charge is 2.45. The number of hydrogen-bond acceptors (Lipinski definition) is 1. The van der Waals surface area contributed by atoms with Crippen LogP contribution in [0.15, 0.2) is 11.8 Å². The lowest BCUT2D eigenvalue weighted by Gasteiger charge is -2.40. The van der Waals surface area contributed by atoms with E-state index in [0.717, 1.165) is 18.4 Å². The van der Waals surface area contributed by atoms with Crippen molar-refractivity contribution < 1.29 is 4.74 Å². The first-order chi connectivity index (χ1) is 6.80. The van der Waals surface area contributed by atoms with E-state index in [1.807, 2.05) is 6.26 Å². The molecule has 0 saturated heterocycles. The second kappa shape index (κ2) is 3.01. The summed E-state index contributed by atoms with van der Waals surface area (Å²) in [6.07, 6.45) is 10.7. The first kappa shape index (κ1) is 8.82. The summed E-state index contributed by atoms with van der Waals surface area (Å²) in [5.41, 5.74) is 1.98. The number of fused-ring (bicyclic) bond motifs is 1. The average molecular weight is 192 g/mol. The van der Waals surface area contributed by atoms with E-state index in [9.17, 15) is 0 Å². The molecule has 0 aromatic rings. The molecule has 2 aliphatic carbocycles. The second-order valence-electron chi connectivity index (χ2n) is 5.59. The first-order valence-corrected chi connectivity index (χ1v) is 6.09. The summed E-state index contributed by atoms with van der Waals surface area (Å²) in [4.78, 5) is 0. The molecule has 0 amide bonds. The predicted octanol–water partition coefficient (Wildman–Crippen LogP) is 3.51. The molecule has 3 atom stereocenters. The Morgan fingerprint density at radius 3 is 2.93 bits per heavy atom. The van der Waals surface area contributed by atoms with Crippen LogP contribution in [0.3, 0.4) is 0 Å². The Morgan fingerprint density at radius 2 is 2.14 bits per heavy atom. The monoisotopic (exact) mass is 192 g/mol. The van der Waals surface area contributed by atoms with Crippen molar-refractivity contribution in [2.45, 2.75) is 45.4 Å². The molecule has 1 heteroatoms. The molecule has 0 aromatic carbocycles. The van der Waals surface area contributed by atoms with E-state index in [2.05, 4.69) is 6.92 Å². The Bertz CT molecular complexity index is 268. The van der Waals surface area contributed by atoms with Gasteiger partial charge in [-0.2, -0.15) is 0 Å². The van der Waals surface area contributed by atoms with E-state index in [-0.39, 0.29) is 0 Å². The zero-order valence-electron chi connectivity index (χ0n) is 9.09. The molecule has 0 radical (unpaired) electrons. The third-order valence-corrected chi connectivity index (χ3v) is 4.92. The Labute approximate surface area is 86.5 Å². The van der Waals surface area contributed by atoms with Gasteiger partial charge in [0.05, 0.1) is 12.9 Å². The quantitative estimate of drug-likeness (QED) is 0.570. The lowest BCUT2D eigenvalue weighted by atomic mass is 9.64. The highest BCUT2D eigenvalue weighted by molar-refractivity contribution is 5.16. The van der Waals surface area contributed by atoms with E-state index in [0.29, 0.717) is 5.41 Å². The molecule has 1 heterocycles. The van der Waals surface area contributed by atoms with Crippen molar-refractivity contribution in [2.75, 3.05) is 6.61 Å². The van der Waals surface area contributed by atoms with Gasteiger partial charge in [-0.15, -0.1) is 0 Å². The fraction of sp³-hybridized carbons (Fsp3) is 0.846. The molecule has 78 valence electrons. The van der Waals surface area contributed by atoms with Gasteiger partial charge in [0, 0.05) is 5.41 Å². The van der Waals surface area contributed by atoms with Crippen LogP contribution in [0, 0.1) is 17.3 Å². The molecule has 0 aromatic heterocycles. The molecular weight excluding hydrogens is 172 g/mol. The Balaban J connectivity index is 1.81. The minimum Gasteiger partial charge on any atom is -0.500 e. The molecule has 3 rings (SSSR count). The van der Waals surface area contributed by atoms with Crippen LogP contribution in [0.25, 0.3) is 0 Å². The third kappa shape index (κ3) is 1.14. The molecule has 1 spiro atoms. The standard InChI is InChI=1S/C13H20O/c1-10-8-14-9-13(10)6-5-11-3-2-4-12(11)7-13/h8,11-12H,2-7,9H2,1H3. The van der Waals surface area contributed by atoms with Crippen molar-refractivity contribution in [1.82, 2.24) is 0 Å². The zero-order valence-corrected chi connectivity index (χ0v) is 9.09. The van der Waals surface area contributed by atoms with Crippen LogP contribution in [0.5, 0.6) is 0 Å². The second-order valence-corrected chi connectivity index (χ2v) is 5.59. The molecule has 0 bridgehead atoms. The fourth-order valence-corrected chi connectivity index (χ4v) is 3.88. The maximum absolute atomic E-state index is 5.54. The lowest BCUT2D eigenvalue weighted by Crippen LogP contribution is -2.33. The van der Waals surface area contributed by atoms with Gasteiger partial charge in [0.15, 0.2) is 0 Å². The Morgan fingerprint density at radius 1 is 1.29 bits per heavy atom. The summed E-state index contributed by atoms with van der Waals surface area (Å²) in [5, 5.41) is 0. The first-order valence-electron chi connectivity index (χ1n) is 6.09. The Kier molecular flexibility index (Phi) is 1.90. The maximum atomic E-state index is 5.54. The van der Waals surface area contributed by atoms with Crippen LogP contribution in [-0.2, 0) is 4.74 Å². The highest BCUT2D eigenvalue weighted by atomic mass is 16.5. The smallest absolute Gasteiger partial charge is 0.0967 e. The van der Waals surface area contributed by atoms with Gasteiger partial charge in [0.25, 0.3) is 0 Å². The normalized spacial score (nSPS) is 46.2. The zero-order chi connectivity index (χ0) is 9.60. The Hall–Kier alpha value is -0.460. The summed E-state index contributed by atoms with van der Waals surface area (Å²) >= 11 is 0. The molecule has 3 aliphatic rings. The van der Waals surface area contributed by atoms with E-state index in [1.54, 1.807) is 0 Å². The number of hydrogen-bond donors (Lipinski definition) is 0. The van der Waals surface area contributed by atoms with Gasteiger partial charge in [0.1, 0.15) is 0 Å². The molecular formula is C13H20O. The average Bonchev–Trinajstić information content (AvgIpc) is 2.75. The topological polar surface area (TPSA) is 9.23 Å². The van der Waals surface area contributed by atoms with Gasteiger partial charge < -0.3 is 4.74 Å². The lowest BCUT2D eigenvalue weighted by molar-refractivity contribution is 0.0898. The number of rotatable bonds is 0. The van der Waals surface area contributed by atoms with Crippen LogP contribution in [0.1, 0.15) is 45.4 Å².